The standard InChI is InChI=1S/C14H12N2O5/c1-8-6-10(9(2)20-8)14(17)19-7-12-15-13(21-16-12)11-4-3-5-18-11/h3-6H,7H2,1-2H3. The van der Waals surface area contributed by atoms with Crippen LogP contribution in [0.15, 0.2) is 37.8 Å². The summed E-state index contributed by atoms with van der Waals surface area (Å²) in [6.07, 6.45) is 1.50. The Balaban J connectivity index is 1.65. The van der Waals surface area contributed by atoms with Crippen LogP contribution in [0.5, 0.6) is 0 Å². The van der Waals surface area contributed by atoms with Crippen LogP contribution in [0.4, 0.5) is 0 Å². The maximum absolute atomic E-state index is 11.9. The van der Waals surface area contributed by atoms with Crippen molar-refractivity contribution in [3.63, 3.8) is 0 Å². The van der Waals surface area contributed by atoms with Crippen molar-refractivity contribution in [3.8, 4) is 11.7 Å². The van der Waals surface area contributed by atoms with Gasteiger partial charge in [0.25, 0.3) is 5.89 Å². The number of carbonyl (C=O) groups is 1. The average Bonchev–Trinajstić information content (AvgIpc) is 3.15. The molecule has 0 amide bonds. The maximum atomic E-state index is 11.9. The number of aromatic nitrogens is 2. The van der Waals surface area contributed by atoms with Crippen molar-refractivity contribution in [2.75, 3.05) is 0 Å². The fourth-order valence-corrected chi connectivity index (χ4v) is 1.85. The van der Waals surface area contributed by atoms with Gasteiger partial charge in [-0.15, -0.1) is 0 Å². The lowest BCUT2D eigenvalue weighted by Gasteiger charge is -1.99. The molecule has 0 aliphatic carbocycles. The molecule has 108 valence electrons. The van der Waals surface area contributed by atoms with E-state index in [2.05, 4.69) is 10.1 Å². The van der Waals surface area contributed by atoms with Crippen LogP contribution >= 0.6 is 0 Å². The summed E-state index contributed by atoms with van der Waals surface area (Å²) < 4.78 is 20.5. The first-order valence-corrected chi connectivity index (χ1v) is 6.24. The largest absolute Gasteiger partial charge is 0.466 e. The van der Waals surface area contributed by atoms with Crippen molar-refractivity contribution in [2.24, 2.45) is 0 Å². The summed E-state index contributed by atoms with van der Waals surface area (Å²) in [6.45, 7) is 3.37. The lowest BCUT2D eigenvalue weighted by molar-refractivity contribution is 0.0457. The highest BCUT2D eigenvalue weighted by Gasteiger charge is 2.17. The van der Waals surface area contributed by atoms with Gasteiger partial charge in [0.2, 0.25) is 5.82 Å². The Morgan fingerprint density at radius 1 is 1.38 bits per heavy atom. The Labute approximate surface area is 119 Å². The summed E-state index contributed by atoms with van der Waals surface area (Å²) in [7, 11) is 0. The van der Waals surface area contributed by atoms with Crippen LogP contribution in [-0.2, 0) is 11.3 Å². The van der Waals surface area contributed by atoms with Gasteiger partial charge in [0, 0.05) is 0 Å². The number of furan rings is 2. The number of aryl methyl sites for hydroxylation is 2. The molecule has 0 radical (unpaired) electrons. The van der Waals surface area contributed by atoms with Crippen molar-refractivity contribution in [2.45, 2.75) is 20.5 Å². The summed E-state index contributed by atoms with van der Waals surface area (Å²) in [5.41, 5.74) is 0.391. The van der Waals surface area contributed by atoms with Crippen molar-refractivity contribution in [3.05, 3.63) is 47.4 Å². The number of ether oxygens (including phenoxy) is 1. The molecule has 7 nitrogen and oxygen atoms in total. The fraction of sp³-hybridized carbons (Fsp3) is 0.214. The van der Waals surface area contributed by atoms with Crippen molar-refractivity contribution in [1.29, 1.82) is 0 Å². The molecule has 3 heterocycles. The molecule has 7 heteroatoms. The molecule has 0 saturated carbocycles. The van der Waals surface area contributed by atoms with E-state index in [1.807, 2.05) is 0 Å². The second-order valence-electron chi connectivity index (χ2n) is 4.40. The normalized spacial score (nSPS) is 10.8. The van der Waals surface area contributed by atoms with E-state index in [4.69, 9.17) is 18.1 Å². The van der Waals surface area contributed by atoms with Gasteiger partial charge in [-0.25, -0.2) is 4.79 Å². The van der Waals surface area contributed by atoms with E-state index in [0.29, 0.717) is 22.8 Å². The SMILES string of the molecule is Cc1cc(C(=O)OCc2noc(-c3ccco3)n2)c(C)o1. The molecule has 0 bridgehead atoms. The topological polar surface area (TPSA) is 91.5 Å². The fourth-order valence-electron chi connectivity index (χ4n) is 1.85. The van der Waals surface area contributed by atoms with Gasteiger partial charge in [-0.3, -0.25) is 0 Å². The smallest absolute Gasteiger partial charge is 0.342 e. The molecule has 0 atom stereocenters. The third-order valence-electron chi connectivity index (χ3n) is 2.79. The molecule has 3 aromatic heterocycles. The second kappa shape index (κ2) is 5.28. The number of nitrogens with zero attached hydrogens (tertiary/aromatic N) is 2. The van der Waals surface area contributed by atoms with Crippen LogP contribution in [0, 0.1) is 13.8 Å². The highest BCUT2D eigenvalue weighted by atomic mass is 16.5. The molecule has 3 aromatic rings. The number of esters is 1. The van der Waals surface area contributed by atoms with Crippen LogP contribution in [0.2, 0.25) is 0 Å². The zero-order valence-corrected chi connectivity index (χ0v) is 11.5. The molecule has 21 heavy (non-hydrogen) atoms. The minimum Gasteiger partial charge on any atom is -0.466 e. The number of rotatable bonds is 4. The molecule has 0 spiro atoms. The lowest BCUT2D eigenvalue weighted by atomic mass is 10.2. The molecule has 0 saturated heterocycles. The molecule has 3 rings (SSSR count). The Kier molecular flexibility index (Phi) is 3.31. The van der Waals surface area contributed by atoms with Gasteiger partial charge in [0.1, 0.15) is 17.1 Å². The monoisotopic (exact) mass is 288 g/mol. The lowest BCUT2D eigenvalue weighted by Crippen LogP contribution is -2.06. The van der Waals surface area contributed by atoms with Crippen LogP contribution in [0.1, 0.15) is 27.7 Å². The van der Waals surface area contributed by atoms with E-state index < -0.39 is 5.97 Å². The van der Waals surface area contributed by atoms with E-state index in [1.54, 1.807) is 32.0 Å². The molecule has 0 unspecified atom stereocenters. The predicted molar refractivity (Wildman–Crippen MR) is 69.3 cm³/mol. The van der Waals surface area contributed by atoms with Crippen LogP contribution in [0.3, 0.4) is 0 Å². The van der Waals surface area contributed by atoms with Gasteiger partial charge in [0.15, 0.2) is 12.4 Å². The Hall–Kier alpha value is -2.83. The number of carbonyl (C=O) groups excluding carboxylic acids is 1. The van der Waals surface area contributed by atoms with Crippen LogP contribution in [-0.4, -0.2) is 16.1 Å². The quantitative estimate of drug-likeness (QED) is 0.681. The highest BCUT2D eigenvalue weighted by molar-refractivity contribution is 5.90. The zero-order valence-electron chi connectivity index (χ0n) is 11.5. The molecule has 0 N–H and O–H groups in total. The number of hydrogen-bond acceptors (Lipinski definition) is 7. The third kappa shape index (κ3) is 2.71. The Morgan fingerprint density at radius 2 is 2.24 bits per heavy atom. The molecular formula is C14H12N2O5. The van der Waals surface area contributed by atoms with E-state index in [-0.39, 0.29) is 18.3 Å². The average molecular weight is 288 g/mol. The van der Waals surface area contributed by atoms with Gasteiger partial charge in [-0.05, 0) is 32.0 Å². The van der Waals surface area contributed by atoms with E-state index in [9.17, 15) is 4.79 Å². The summed E-state index contributed by atoms with van der Waals surface area (Å²) in [5.74, 6) is 1.63. The minimum absolute atomic E-state index is 0.0906. The van der Waals surface area contributed by atoms with Gasteiger partial charge in [-0.1, -0.05) is 5.16 Å². The van der Waals surface area contributed by atoms with E-state index >= 15 is 0 Å². The predicted octanol–water partition coefficient (Wildman–Crippen LogP) is 2.90. The zero-order chi connectivity index (χ0) is 14.8. The molecular weight excluding hydrogens is 276 g/mol. The molecule has 0 fully saturated rings. The van der Waals surface area contributed by atoms with Crippen molar-refractivity contribution >= 4 is 5.97 Å². The first kappa shape index (κ1) is 13.2. The number of hydrogen-bond donors (Lipinski definition) is 0. The van der Waals surface area contributed by atoms with Crippen LogP contribution < -0.4 is 0 Å². The molecule has 0 aliphatic rings. The van der Waals surface area contributed by atoms with Gasteiger partial charge in [-0.2, -0.15) is 4.98 Å². The second-order valence-corrected chi connectivity index (χ2v) is 4.40. The summed E-state index contributed by atoms with van der Waals surface area (Å²) >= 11 is 0. The van der Waals surface area contributed by atoms with Gasteiger partial charge >= 0.3 is 5.97 Å². The summed E-state index contributed by atoms with van der Waals surface area (Å²) in [4.78, 5) is 16.0. The highest BCUT2D eigenvalue weighted by Crippen LogP contribution is 2.18. The Morgan fingerprint density at radius 3 is 2.90 bits per heavy atom. The van der Waals surface area contributed by atoms with E-state index in [0.717, 1.165) is 0 Å². The van der Waals surface area contributed by atoms with E-state index in [1.165, 1.54) is 6.26 Å². The molecule has 0 aromatic carbocycles. The summed E-state index contributed by atoms with van der Waals surface area (Å²) in [6, 6.07) is 5.03. The van der Waals surface area contributed by atoms with Crippen LogP contribution in [0.25, 0.3) is 11.7 Å². The third-order valence-corrected chi connectivity index (χ3v) is 2.79. The first-order valence-electron chi connectivity index (χ1n) is 6.24. The minimum atomic E-state index is -0.492. The molecule has 0 aliphatic heterocycles. The van der Waals surface area contributed by atoms with Crippen molar-refractivity contribution in [1.82, 2.24) is 10.1 Å². The first-order chi connectivity index (χ1) is 10.1. The Bertz CT molecular complexity index is 754. The summed E-state index contributed by atoms with van der Waals surface area (Å²) in [5, 5.41) is 3.72. The van der Waals surface area contributed by atoms with Gasteiger partial charge < -0.3 is 18.1 Å². The maximum Gasteiger partial charge on any atom is 0.342 e. The van der Waals surface area contributed by atoms with Gasteiger partial charge in [0.05, 0.1) is 6.26 Å². The van der Waals surface area contributed by atoms with Crippen molar-refractivity contribution < 1.29 is 22.9 Å².